The molecule has 0 bridgehead atoms. The van der Waals surface area contributed by atoms with E-state index in [9.17, 15) is 14.4 Å². The van der Waals surface area contributed by atoms with Gasteiger partial charge in [-0.2, -0.15) is 0 Å². The molecule has 1 aliphatic carbocycles. The maximum atomic E-state index is 12.0. The summed E-state index contributed by atoms with van der Waals surface area (Å²) in [6, 6.07) is 7.01. The minimum atomic E-state index is -1.09. The number of imide groups is 1. The summed E-state index contributed by atoms with van der Waals surface area (Å²) in [5, 5.41) is 4.94. The Morgan fingerprint density at radius 1 is 1.11 bits per heavy atom. The van der Waals surface area contributed by atoms with E-state index in [0.717, 1.165) is 31.2 Å². The first-order chi connectivity index (χ1) is 13.1. The predicted octanol–water partition coefficient (Wildman–Crippen LogP) is 3.06. The van der Waals surface area contributed by atoms with Gasteiger partial charge in [-0.25, -0.2) is 9.59 Å². The molecule has 3 amide bonds. The molecule has 2 N–H and O–H groups in total. The van der Waals surface area contributed by atoms with Crippen LogP contribution in [0.4, 0.5) is 4.79 Å². The fourth-order valence-corrected chi connectivity index (χ4v) is 2.98. The van der Waals surface area contributed by atoms with Crippen LogP contribution in [0.5, 0.6) is 5.75 Å². The van der Waals surface area contributed by atoms with Gasteiger partial charge >= 0.3 is 12.0 Å². The highest BCUT2D eigenvalue weighted by Gasteiger charge is 2.23. The lowest BCUT2D eigenvalue weighted by Crippen LogP contribution is -2.47. The lowest BCUT2D eigenvalue weighted by Gasteiger charge is -2.19. The molecule has 7 nitrogen and oxygen atoms in total. The van der Waals surface area contributed by atoms with Crippen LogP contribution in [0.25, 0.3) is 0 Å². The van der Waals surface area contributed by atoms with Crippen LogP contribution in [0.15, 0.2) is 24.3 Å². The normalized spacial score (nSPS) is 15.6. The minimum absolute atomic E-state index is 0.0321. The molecule has 1 saturated carbocycles. The Labute approximate surface area is 166 Å². The van der Waals surface area contributed by atoms with Gasteiger partial charge < -0.3 is 14.8 Å². The predicted molar refractivity (Wildman–Crippen MR) is 105 cm³/mol. The molecule has 1 fully saturated rings. The first-order valence-corrected chi connectivity index (χ1v) is 9.69. The van der Waals surface area contributed by atoms with Crippen LogP contribution in [-0.4, -0.2) is 36.7 Å². The number of nitrogens with one attached hydrogen (secondary N) is 2. The van der Waals surface area contributed by atoms with Gasteiger partial charge in [-0.3, -0.25) is 10.1 Å². The molecule has 1 unspecified atom stereocenters. The Morgan fingerprint density at radius 2 is 1.71 bits per heavy atom. The van der Waals surface area contributed by atoms with Crippen molar-refractivity contribution < 1.29 is 23.9 Å². The van der Waals surface area contributed by atoms with E-state index in [1.807, 2.05) is 12.1 Å². The summed E-state index contributed by atoms with van der Waals surface area (Å²) in [4.78, 5) is 35.7. The Bertz CT molecular complexity index is 688. The summed E-state index contributed by atoms with van der Waals surface area (Å²) in [7, 11) is 0. The van der Waals surface area contributed by atoms with Crippen molar-refractivity contribution in [2.24, 2.45) is 0 Å². The van der Waals surface area contributed by atoms with Crippen molar-refractivity contribution in [2.75, 3.05) is 6.61 Å². The Kier molecular flexibility index (Phi) is 7.43. The first kappa shape index (κ1) is 21.7. The smallest absolute Gasteiger partial charge is 0.344 e. The van der Waals surface area contributed by atoms with Gasteiger partial charge in [0.25, 0.3) is 5.91 Å². The van der Waals surface area contributed by atoms with Crippen LogP contribution >= 0.6 is 0 Å². The van der Waals surface area contributed by atoms with Gasteiger partial charge in [-0.05, 0) is 42.9 Å². The molecule has 1 aromatic carbocycles. The van der Waals surface area contributed by atoms with E-state index >= 15 is 0 Å². The van der Waals surface area contributed by atoms with Crippen LogP contribution in [0.2, 0.25) is 0 Å². The highest BCUT2D eigenvalue weighted by Crippen LogP contribution is 2.24. The monoisotopic (exact) mass is 390 g/mol. The average Bonchev–Trinajstić information content (AvgIpc) is 3.12. The molecule has 1 aliphatic rings. The van der Waals surface area contributed by atoms with Crippen LogP contribution in [0, 0.1) is 0 Å². The van der Waals surface area contributed by atoms with Gasteiger partial charge in [0.2, 0.25) is 0 Å². The molecule has 0 saturated heterocycles. The summed E-state index contributed by atoms with van der Waals surface area (Å²) in [5.41, 5.74) is 1.19. The van der Waals surface area contributed by atoms with Gasteiger partial charge in [-0.15, -0.1) is 0 Å². The molecule has 0 heterocycles. The van der Waals surface area contributed by atoms with Crippen molar-refractivity contribution in [1.82, 2.24) is 10.6 Å². The van der Waals surface area contributed by atoms with Crippen molar-refractivity contribution in [3.05, 3.63) is 29.8 Å². The average molecular weight is 390 g/mol. The van der Waals surface area contributed by atoms with Crippen molar-refractivity contribution in [2.45, 2.75) is 70.9 Å². The summed E-state index contributed by atoms with van der Waals surface area (Å²) in [6.07, 6.45) is 2.90. The second-order valence-electron chi connectivity index (χ2n) is 8.14. The van der Waals surface area contributed by atoms with Crippen molar-refractivity contribution >= 4 is 17.9 Å². The van der Waals surface area contributed by atoms with Gasteiger partial charge in [0, 0.05) is 6.04 Å². The maximum absolute atomic E-state index is 12.0. The van der Waals surface area contributed by atoms with Crippen molar-refractivity contribution in [3.8, 4) is 5.75 Å². The number of benzene rings is 1. The number of carbonyl (C=O) groups excluding carboxylic acids is 3. The molecule has 2 rings (SSSR count). The Balaban J connectivity index is 1.72. The number of ether oxygens (including phenoxy) is 2. The van der Waals surface area contributed by atoms with E-state index < -0.39 is 24.0 Å². The molecular weight excluding hydrogens is 360 g/mol. The van der Waals surface area contributed by atoms with Crippen LogP contribution < -0.4 is 15.4 Å². The molecule has 0 aromatic heterocycles. The van der Waals surface area contributed by atoms with E-state index in [0.29, 0.717) is 5.75 Å². The van der Waals surface area contributed by atoms with Crippen molar-refractivity contribution in [3.63, 3.8) is 0 Å². The quantitative estimate of drug-likeness (QED) is 0.728. The molecule has 0 aliphatic heterocycles. The number of urea groups is 1. The highest BCUT2D eigenvalue weighted by molar-refractivity contribution is 5.97. The molecule has 0 spiro atoms. The molecule has 1 aromatic rings. The van der Waals surface area contributed by atoms with E-state index in [4.69, 9.17) is 9.47 Å². The highest BCUT2D eigenvalue weighted by atomic mass is 16.6. The van der Waals surface area contributed by atoms with Gasteiger partial charge in [0.05, 0.1) is 0 Å². The zero-order valence-electron chi connectivity index (χ0n) is 17.0. The van der Waals surface area contributed by atoms with Gasteiger partial charge in [-0.1, -0.05) is 45.7 Å². The number of hydrogen-bond acceptors (Lipinski definition) is 5. The fourth-order valence-electron chi connectivity index (χ4n) is 2.98. The third-order valence-corrected chi connectivity index (χ3v) is 4.68. The maximum Gasteiger partial charge on any atom is 0.344 e. The second kappa shape index (κ2) is 9.57. The number of carbonyl (C=O) groups is 3. The standard InChI is InChI=1S/C21H30N2O5/c1-14(19(25)23-20(26)22-16-7-5-6-8-16)28-18(24)13-27-17-11-9-15(10-12-17)21(2,3)4/h9-12,14,16H,5-8,13H2,1-4H3,(H2,22,23,25,26). The summed E-state index contributed by atoms with van der Waals surface area (Å²) in [5.74, 6) is -0.810. The second-order valence-corrected chi connectivity index (χ2v) is 8.14. The third-order valence-electron chi connectivity index (χ3n) is 4.68. The SMILES string of the molecule is CC(OC(=O)COc1ccc(C(C)(C)C)cc1)C(=O)NC(=O)NC1CCCC1. The van der Waals surface area contributed by atoms with Crippen molar-refractivity contribution in [1.29, 1.82) is 0 Å². The molecule has 0 radical (unpaired) electrons. The van der Waals surface area contributed by atoms with Crippen LogP contribution in [0.1, 0.15) is 58.9 Å². The van der Waals surface area contributed by atoms with E-state index in [1.54, 1.807) is 12.1 Å². The number of rotatable bonds is 6. The summed E-state index contributed by atoms with van der Waals surface area (Å²) < 4.78 is 10.4. The minimum Gasteiger partial charge on any atom is -0.482 e. The van der Waals surface area contributed by atoms with E-state index in [1.165, 1.54) is 6.92 Å². The topological polar surface area (TPSA) is 93.7 Å². The molecule has 1 atom stereocenters. The molecular formula is C21H30N2O5. The molecule has 7 heteroatoms. The van der Waals surface area contributed by atoms with E-state index in [-0.39, 0.29) is 18.1 Å². The van der Waals surface area contributed by atoms with Gasteiger partial charge in [0.15, 0.2) is 12.7 Å². The lowest BCUT2D eigenvalue weighted by molar-refractivity contribution is -0.156. The molecule has 28 heavy (non-hydrogen) atoms. The zero-order valence-corrected chi connectivity index (χ0v) is 17.0. The largest absolute Gasteiger partial charge is 0.482 e. The molecule has 154 valence electrons. The lowest BCUT2D eigenvalue weighted by atomic mass is 9.87. The number of esters is 1. The summed E-state index contributed by atoms with van der Waals surface area (Å²) >= 11 is 0. The number of hydrogen-bond donors (Lipinski definition) is 2. The van der Waals surface area contributed by atoms with E-state index in [2.05, 4.69) is 31.4 Å². The van der Waals surface area contributed by atoms with Crippen LogP contribution in [0.3, 0.4) is 0 Å². The third kappa shape index (κ3) is 6.87. The summed E-state index contributed by atoms with van der Waals surface area (Å²) in [6.45, 7) is 7.43. The Morgan fingerprint density at radius 3 is 2.29 bits per heavy atom. The first-order valence-electron chi connectivity index (χ1n) is 9.69. The fraction of sp³-hybridized carbons (Fsp3) is 0.571. The zero-order chi connectivity index (χ0) is 20.7. The van der Waals surface area contributed by atoms with Crippen LogP contribution in [-0.2, 0) is 19.7 Å². The van der Waals surface area contributed by atoms with Gasteiger partial charge in [0.1, 0.15) is 5.75 Å². The Hall–Kier alpha value is -2.57. The number of amides is 3.